The quantitative estimate of drug-likeness (QED) is 0.451. The number of hydrogen-bond acceptors (Lipinski definition) is 3. The van der Waals surface area contributed by atoms with Crippen molar-refractivity contribution in [3.8, 4) is 5.69 Å². The third-order valence-corrected chi connectivity index (χ3v) is 5.85. The van der Waals surface area contributed by atoms with E-state index < -0.39 is 17.7 Å². The minimum Gasteiger partial charge on any atom is -0.478 e. The molecule has 0 aliphatic rings. The van der Waals surface area contributed by atoms with Crippen LogP contribution in [-0.2, 0) is 6.18 Å². The molecule has 0 spiro atoms. The first-order valence-electron chi connectivity index (χ1n) is 9.35. The number of nitrogens with zero attached hydrogens (tertiary/aromatic N) is 2. The average molecular weight is 434 g/mol. The number of alkyl halides is 3. The van der Waals surface area contributed by atoms with Crippen molar-refractivity contribution in [2.75, 3.05) is 5.75 Å². The van der Waals surface area contributed by atoms with E-state index in [0.29, 0.717) is 5.69 Å². The predicted octanol–water partition coefficient (Wildman–Crippen LogP) is 6.18. The Labute approximate surface area is 176 Å². The maximum Gasteiger partial charge on any atom is 0.416 e. The Hall–Kier alpha value is -2.74. The Morgan fingerprint density at radius 1 is 1.20 bits per heavy atom. The number of carboxylic acid groups (broad SMARTS) is 1. The van der Waals surface area contributed by atoms with Crippen LogP contribution in [0.2, 0.25) is 0 Å². The normalized spacial score (nSPS) is 12.7. The summed E-state index contributed by atoms with van der Waals surface area (Å²) in [5.74, 6) is 0.0512. The van der Waals surface area contributed by atoms with Gasteiger partial charge in [-0.1, -0.05) is 13.0 Å². The molecule has 1 atom stereocenters. The van der Waals surface area contributed by atoms with Crippen LogP contribution in [-0.4, -0.2) is 26.6 Å². The van der Waals surface area contributed by atoms with Crippen LogP contribution in [0.1, 0.15) is 46.4 Å². The van der Waals surface area contributed by atoms with Crippen LogP contribution in [0.3, 0.4) is 0 Å². The first-order valence-corrected chi connectivity index (χ1v) is 10.3. The standard InChI is InChI=1S/C22H21F3N2O2S/c1-14(10-11-30-19-5-3-4-16(12-19)21(28)29)20-13-27(26-15(20)2)18-8-6-17(7-9-18)22(23,24)25/h3-9,12-14H,10-11H2,1-2H3,(H,28,29). The lowest BCUT2D eigenvalue weighted by molar-refractivity contribution is -0.137. The highest BCUT2D eigenvalue weighted by Crippen LogP contribution is 2.31. The van der Waals surface area contributed by atoms with E-state index in [1.54, 1.807) is 34.6 Å². The summed E-state index contributed by atoms with van der Waals surface area (Å²) in [5.41, 5.74) is 2.02. The van der Waals surface area contributed by atoms with Crippen LogP contribution in [0.25, 0.3) is 5.69 Å². The first-order chi connectivity index (χ1) is 14.1. The molecule has 1 N–H and O–H groups in total. The van der Waals surface area contributed by atoms with Crippen LogP contribution < -0.4 is 0 Å². The number of aromatic nitrogens is 2. The minimum atomic E-state index is -4.36. The van der Waals surface area contributed by atoms with Crippen molar-refractivity contribution in [1.29, 1.82) is 0 Å². The molecule has 1 unspecified atom stereocenters. The van der Waals surface area contributed by atoms with Crippen molar-refractivity contribution < 1.29 is 23.1 Å². The lowest BCUT2D eigenvalue weighted by atomic mass is 10.00. The van der Waals surface area contributed by atoms with Gasteiger partial charge in [0.15, 0.2) is 0 Å². The lowest BCUT2D eigenvalue weighted by Crippen LogP contribution is -2.05. The van der Waals surface area contributed by atoms with E-state index in [1.807, 2.05) is 19.2 Å². The second-order valence-corrected chi connectivity index (χ2v) is 8.20. The fraction of sp³-hybridized carbons (Fsp3) is 0.273. The molecule has 0 amide bonds. The molecule has 0 bridgehead atoms. The molecule has 1 aromatic heterocycles. The van der Waals surface area contributed by atoms with Crippen molar-refractivity contribution in [3.05, 3.63) is 77.1 Å². The van der Waals surface area contributed by atoms with Crippen molar-refractivity contribution in [3.63, 3.8) is 0 Å². The van der Waals surface area contributed by atoms with Gasteiger partial charge in [0.2, 0.25) is 0 Å². The van der Waals surface area contributed by atoms with Gasteiger partial charge in [-0.3, -0.25) is 0 Å². The molecule has 30 heavy (non-hydrogen) atoms. The van der Waals surface area contributed by atoms with Gasteiger partial charge in [0.1, 0.15) is 0 Å². The number of aryl methyl sites for hydroxylation is 1. The summed E-state index contributed by atoms with van der Waals surface area (Å²) in [6.45, 7) is 3.96. The van der Waals surface area contributed by atoms with E-state index in [2.05, 4.69) is 12.0 Å². The van der Waals surface area contributed by atoms with Crippen molar-refractivity contribution in [1.82, 2.24) is 9.78 Å². The summed E-state index contributed by atoms with van der Waals surface area (Å²) in [4.78, 5) is 12.0. The van der Waals surface area contributed by atoms with E-state index in [9.17, 15) is 18.0 Å². The second-order valence-electron chi connectivity index (χ2n) is 7.03. The van der Waals surface area contributed by atoms with Gasteiger partial charge in [-0.05, 0) is 73.0 Å². The number of aromatic carboxylic acids is 1. The molecule has 1 heterocycles. The van der Waals surface area contributed by atoms with Gasteiger partial charge in [-0.15, -0.1) is 11.8 Å². The molecule has 158 valence electrons. The summed E-state index contributed by atoms with van der Waals surface area (Å²) >= 11 is 1.59. The molecule has 3 rings (SSSR count). The third kappa shape index (κ3) is 5.24. The van der Waals surface area contributed by atoms with Crippen LogP contribution in [0.15, 0.2) is 59.6 Å². The maximum atomic E-state index is 12.7. The molecule has 2 aromatic carbocycles. The highest BCUT2D eigenvalue weighted by molar-refractivity contribution is 7.99. The molecular weight excluding hydrogens is 413 g/mol. The Balaban J connectivity index is 1.64. The zero-order valence-electron chi connectivity index (χ0n) is 16.5. The second kappa shape index (κ2) is 8.95. The Kier molecular flexibility index (Phi) is 6.55. The maximum absolute atomic E-state index is 12.7. The van der Waals surface area contributed by atoms with E-state index in [-0.39, 0.29) is 11.5 Å². The van der Waals surface area contributed by atoms with E-state index >= 15 is 0 Å². The molecule has 0 radical (unpaired) electrons. The minimum absolute atomic E-state index is 0.198. The number of benzene rings is 2. The summed E-state index contributed by atoms with van der Waals surface area (Å²) in [6, 6.07) is 11.8. The molecule has 0 saturated heterocycles. The summed E-state index contributed by atoms with van der Waals surface area (Å²) in [7, 11) is 0. The van der Waals surface area contributed by atoms with Gasteiger partial charge < -0.3 is 5.11 Å². The molecule has 3 aromatic rings. The van der Waals surface area contributed by atoms with Gasteiger partial charge >= 0.3 is 12.1 Å². The van der Waals surface area contributed by atoms with E-state index in [0.717, 1.165) is 40.5 Å². The SMILES string of the molecule is Cc1nn(-c2ccc(C(F)(F)F)cc2)cc1C(C)CCSc1cccc(C(=O)O)c1. The molecule has 0 fully saturated rings. The Morgan fingerprint density at radius 3 is 2.53 bits per heavy atom. The lowest BCUT2D eigenvalue weighted by Gasteiger charge is -2.10. The smallest absolute Gasteiger partial charge is 0.416 e. The predicted molar refractivity (Wildman–Crippen MR) is 110 cm³/mol. The number of thioether (sulfide) groups is 1. The largest absolute Gasteiger partial charge is 0.478 e. The zero-order chi connectivity index (χ0) is 21.9. The van der Waals surface area contributed by atoms with Gasteiger partial charge in [0, 0.05) is 11.1 Å². The van der Waals surface area contributed by atoms with Crippen LogP contribution in [0.5, 0.6) is 0 Å². The van der Waals surface area contributed by atoms with Gasteiger partial charge in [-0.25, -0.2) is 9.48 Å². The summed E-state index contributed by atoms with van der Waals surface area (Å²) < 4.78 is 39.8. The third-order valence-electron chi connectivity index (χ3n) is 4.83. The fourth-order valence-corrected chi connectivity index (χ4v) is 4.21. The molecule has 0 aliphatic heterocycles. The van der Waals surface area contributed by atoms with Gasteiger partial charge in [-0.2, -0.15) is 18.3 Å². The highest BCUT2D eigenvalue weighted by Gasteiger charge is 2.30. The van der Waals surface area contributed by atoms with Crippen LogP contribution in [0.4, 0.5) is 13.2 Å². The van der Waals surface area contributed by atoms with Crippen molar-refractivity contribution >= 4 is 17.7 Å². The number of halogens is 3. The summed E-state index contributed by atoms with van der Waals surface area (Å²) in [5, 5.41) is 13.5. The molecule has 0 saturated carbocycles. The van der Waals surface area contributed by atoms with Crippen LogP contribution in [0, 0.1) is 6.92 Å². The van der Waals surface area contributed by atoms with Crippen molar-refractivity contribution in [2.24, 2.45) is 0 Å². The van der Waals surface area contributed by atoms with Gasteiger partial charge in [0.25, 0.3) is 0 Å². The number of rotatable bonds is 7. The van der Waals surface area contributed by atoms with Crippen LogP contribution >= 0.6 is 11.8 Å². The molecule has 4 nitrogen and oxygen atoms in total. The molecule has 0 aliphatic carbocycles. The van der Waals surface area contributed by atoms with E-state index in [1.165, 1.54) is 12.1 Å². The number of carbonyl (C=O) groups is 1. The topological polar surface area (TPSA) is 55.1 Å². The molecule has 8 heteroatoms. The highest BCUT2D eigenvalue weighted by atomic mass is 32.2. The monoisotopic (exact) mass is 434 g/mol. The summed E-state index contributed by atoms with van der Waals surface area (Å²) in [6.07, 6.45) is -1.65. The zero-order valence-corrected chi connectivity index (χ0v) is 17.3. The Bertz CT molecular complexity index is 1030. The average Bonchev–Trinajstić information content (AvgIpc) is 3.09. The fourth-order valence-electron chi connectivity index (χ4n) is 3.12. The molecular formula is C22H21F3N2O2S. The number of carboxylic acids is 1. The van der Waals surface area contributed by atoms with Gasteiger partial charge in [0.05, 0.1) is 22.5 Å². The van der Waals surface area contributed by atoms with Crippen molar-refractivity contribution in [2.45, 2.75) is 37.3 Å². The first kappa shape index (κ1) is 22.0. The van der Waals surface area contributed by atoms with E-state index in [4.69, 9.17) is 5.11 Å². The Morgan fingerprint density at radius 2 is 1.90 bits per heavy atom. The number of hydrogen-bond donors (Lipinski definition) is 1.